The van der Waals surface area contributed by atoms with Gasteiger partial charge in [0.2, 0.25) is 0 Å². The SMILES string of the molecule is C=CC(=O)OCC1CSC(C2SCC(COC(=O)C=C)S2)S1. The molecule has 0 bridgehead atoms. The standard InChI is InChI=1S/C14H18O4S4/c1-3-11(15)17-5-9-7-19-13(21-9)14-20-8-10(22-14)6-18-12(16)4-2/h3-4,9-10,13-14H,1-2,5-8H2. The maximum atomic E-state index is 11.1. The molecule has 0 radical (unpaired) electrons. The first-order valence-electron chi connectivity index (χ1n) is 6.75. The molecule has 0 N–H and O–H groups in total. The van der Waals surface area contributed by atoms with E-state index in [1.807, 2.05) is 47.0 Å². The predicted octanol–water partition coefficient (Wildman–Crippen LogP) is 2.79. The van der Waals surface area contributed by atoms with Crippen LogP contribution in [0.4, 0.5) is 0 Å². The topological polar surface area (TPSA) is 52.6 Å². The first-order chi connectivity index (χ1) is 10.6. The van der Waals surface area contributed by atoms with Gasteiger partial charge in [0.05, 0.1) is 9.16 Å². The lowest BCUT2D eigenvalue weighted by Crippen LogP contribution is -2.16. The molecular weight excluding hydrogens is 360 g/mol. The molecule has 22 heavy (non-hydrogen) atoms. The smallest absolute Gasteiger partial charge is 0.330 e. The van der Waals surface area contributed by atoms with Crippen molar-refractivity contribution in [1.82, 2.24) is 0 Å². The minimum atomic E-state index is -0.359. The third-order valence-electron chi connectivity index (χ3n) is 2.92. The van der Waals surface area contributed by atoms with Gasteiger partial charge in [0.1, 0.15) is 13.2 Å². The zero-order valence-electron chi connectivity index (χ0n) is 12.0. The van der Waals surface area contributed by atoms with E-state index in [0.29, 0.717) is 32.9 Å². The highest BCUT2D eigenvalue weighted by molar-refractivity contribution is 8.26. The number of carbonyl (C=O) groups is 2. The van der Waals surface area contributed by atoms with Crippen LogP contribution in [0, 0.1) is 0 Å². The maximum absolute atomic E-state index is 11.1. The zero-order valence-corrected chi connectivity index (χ0v) is 15.2. The second-order valence-electron chi connectivity index (χ2n) is 4.59. The second kappa shape index (κ2) is 9.20. The largest absolute Gasteiger partial charge is 0.461 e. The van der Waals surface area contributed by atoms with E-state index in [2.05, 4.69) is 13.2 Å². The van der Waals surface area contributed by atoms with Crippen molar-refractivity contribution in [3.05, 3.63) is 25.3 Å². The Morgan fingerprint density at radius 2 is 1.32 bits per heavy atom. The van der Waals surface area contributed by atoms with Crippen LogP contribution in [0.15, 0.2) is 25.3 Å². The number of rotatable bonds is 7. The summed E-state index contributed by atoms with van der Waals surface area (Å²) < 4.78 is 11.2. The number of hydrogen-bond donors (Lipinski definition) is 0. The van der Waals surface area contributed by atoms with Gasteiger partial charge in [0.15, 0.2) is 0 Å². The summed E-state index contributed by atoms with van der Waals surface area (Å²) in [6.45, 7) is 7.68. The van der Waals surface area contributed by atoms with E-state index in [1.54, 1.807) is 0 Å². The van der Waals surface area contributed by atoms with Crippen molar-refractivity contribution in [2.75, 3.05) is 24.7 Å². The number of carbonyl (C=O) groups excluding carboxylic acids is 2. The summed E-state index contributed by atoms with van der Waals surface area (Å²) in [6, 6.07) is 0. The van der Waals surface area contributed by atoms with E-state index in [-0.39, 0.29) is 11.9 Å². The Labute approximate surface area is 147 Å². The second-order valence-corrected chi connectivity index (χ2v) is 10.4. The van der Waals surface area contributed by atoms with Crippen LogP contribution >= 0.6 is 47.0 Å². The molecule has 2 fully saturated rings. The quantitative estimate of drug-likeness (QED) is 0.495. The summed E-state index contributed by atoms with van der Waals surface area (Å²) in [5, 5.41) is 0.690. The minimum Gasteiger partial charge on any atom is -0.461 e. The zero-order chi connectivity index (χ0) is 15.9. The maximum Gasteiger partial charge on any atom is 0.330 e. The van der Waals surface area contributed by atoms with E-state index in [1.165, 1.54) is 12.2 Å². The molecule has 2 aliphatic heterocycles. The van der Waals surface area contributed by atoms with Gasteiger partial charge in [-0.2, -0.15) is 0 Å². The van der Waals surface area contributed by atoms with Crippen LogP contribution in [0.3, 0.4) is 0 Å². The summed E-state index contributed by atoms with van der Waals surface area (Å²) in [5.41, 5.74) is 0. The molecule has 4 nitrogen and oxygen atoms in total. The summed E-state index contributed by atoms with van der Waals surface area (Å²) in [5.74, 6) is 1.27. The van der Waals surface area contributed by atoms with Crippen LogP contribution < -0.4 is 0 Å². The Morgan fingerprint density at radius 1 is 0.909 bits per heavy atom. The highest BCUT2D eigenvalue weighted by atomic mass is 32.2. The Kier molecular flexibility index (Phi) is 7.59. The fraction of sp³-hybridized carbons (Fsp3) is 0.571. The lowest BCUT2D eigenvalue weighted by molar-refractivity contribution is -0.138. The van der Waals surface area contributed by atoms with E-state index in [4.69, 9.17) is 9.47 Å². The van der Waals surface area contributed by atoms with Gasteiger partial charge in [0, 0.05) is 34.2 Å². The highest BCUT2D eigenvalue weighted by Crippen LogP contribution is 2.51. The molecule has 0 aromatic rings. The van der Waals surface area contributed by atoms with E-state index >= 15 is 0 Å². The Balaban J connectivity index is 1.68. The van der Waals surface area contributed by atoms with Crippen molar-refractivity contribution in [2.45, 2.75) is 19.7 Å². The van der Waals surface area contributed by atoms with Crippen molar-refractivity contribution in [3.63, 3.8) is 0 Å². The van der Waals surface area contributed by atoms with E-state index in [9.17, 15) is 9.59 Å². The minimum absolute atomic E-state index is 0.345. The highest BCUT2D eigenvalue weighted by Gasteiger charge is 2.38. The molecule has 8 heteroatoms. The van der Waals surface area contributed by atoms with E-state index in [0.717, 1.165) is 11.5 Å². The predicted molar refractivity (Wildman–Crippen MR) is 97.6 cm³/mol. The molecule has 2 aliphatic rings. The van der Waals surface area contributed by atoms with Crippen LogP contribution in [0.25, 0.3) is 0 Å². The summed E-state index contributed by atoms with van der Waals surface area (Å²) in [7, 11) is 0. The van der Waals surface area contributed by atoms with Crippen molar-refractivity contribution in [1.29, 1.82) is 0 Å². The lowest BCUT2D eigenvalue weighted by Gasteiger charge is -2.16. The van der Waals surface area contributed by atoms with Crippen LogP contribution in [0.1, 0.15) is 0 Å². The normalized spacial score (nSPS) is 30.7. The Morgan fingerprint density at radius 3 is 1.68 bits per heavy atom. The van der Waals surface area contributed by atoms with Crippen LogP contribution in [-0.4, -0.2) is 56.3 Å². The summed E-state index contributed by atoms with van der Waals surface area (Å²) >= 11 is 7.59. The van der Waals surface area contributed by atoms with Crippen molar-refractivity contribution in [3.8, 4) is 0 Å². The lowest BCUT2D eigenvalue weighted by atomic mass is 10.5. The summed E-state index contributed by atoms with van der Waals surface area (Å²) in [6.07, 6.45) is 2.39. The molecule has 0 amide bonds. The Bertz CT molecular complexity index is 403. The van der Waals surface area contributed by atoms with Gasteiger partial charge >= 0.3 is 11.9 Å². The number of thioether (sulfide) groups is 4. The number of esters is 2. The number of ether oxygens (including phenoxy) is 2. The molecule has 2 heterocycles. The average Bonchev–Trinajstić information content (AvgIpc) is 3.18. The van der Waals surface area contributed by atoms with Gasteiger partial charge in [-0.25, -0.2) is 9.59 Å². The van der Waals surface area contributed by atoms with Gasteiger partial charge in [0.25, 0.3) is 0 Å². The Hall–Kier alpha value is -0.180. The molecule has 0 saturated carbocycles. The average molecular weight is 379 g/mol. The van der Waals surface area contributed by atoms with Crippen LogP contribution in [-0.2, 0) is 19.1 Å². The van der Waals surface area contributed by atoms with Crippen LogP contribution in [0.2, 0.25) is 0 Å². The van der Waals surface area contributed by atoms with Crippen molar-refractivity contribution in [2.24, 2.45) is 0 Å². The fourth-order valence-electron chi connectivity index (χ4n) is 1.87. The van der Waals surface area contributed by atoms with E-state index < -0.39 is 0 Å². The molecule has 0 aromatic heterocycles. The molecule has 0 aromatic carbocycles. The van der Waals surface area contributed by atoms with Gasteiger partial charge < -0.3 is 9.47 Å². The number of hydrogen-bond acceptors (Lipinski definition) is 8. The molecule has 2 saturated heterocycles. The fourth-order valence-corrected chi connectivity index (χ4v) is 9.35. The third kappa shape index (κ3) is 5.47. The molecule has 0 spiro atoms. The molecule has 4 atom stereocenters. The van der Waals surface area contributed by atoms with Crippen molar-refractivity contribution >= 4 is 59.0 Å². The van der Waals surface area contributed by atoms with Crippen LogP contribution in [0.5, 0.6) is 0 Å². The first-order valence-corrected chi connectivity index (χ1v) is 10.7. The van der Waals surface area contributed by atoms with Crippen molar-refractivity contribution < 1.29 is 19.1 Å². The molecule has 122 valence electrons. The van der Waals surface area contributed by atoms with Gasteiger partial charge in [-0.3, -0.25) is 0 Å². The van der Waals surface area contributed by atoms with Gasteiger partial charge in [-0.05, 0) is 0 Å². The van der Waals surface area contributed by atoms with Gasteiger partial charge in [-0.15, -0.1) is 47.0 Å². The molecule has 2 rings (SSSR count). The van der Waals surface area contributed by atoms with Gasteiger partial charge in [-0.1, -0.05) is 13.2 Å². The summed E-state index contributed by atoms with van der Waals surface area (Å²) in [4.78, 5) is 22.2. The first kappa shape index (κ1) is 18.2. The molecular formula is C14H18O4S4. The monoisotopic (exact) mass is 378 g/mol. The molecule has 4 unspecified atom stereocenters. The third-order valence-corrected chi connectivity index (χ3v) is 10.4. The molecule has 0 aliphatic carbocycles.